The summed E-state index contributed by atoms with van der Waals surface area (Å²) in [4.78, 5) is 11.1. The van der Waals surface area contributed by atoms with Crippen molar-refractivity contribution in [1.82, 2.24) is 0 Å². The summed E-state index contributed by atoms with van der Waals surface area (Å²) in [6.45, 7) is 0. The van der Waals surface area contributed by atoms with Gasteiger partial charge in [-0.2, -0.15) is 0 Å². The zero-order valence-electron chi connectivity index (χ0n) is 4.63. The van der Waals surface area contributed by atoms with Gasteiger partial charge in [0.2, 0.25) is 0 Å². The van der Waals surface area contributed by atoms with Gasteiger partial charge in [-0.1, -0.05) is 0 Å². The third kappa shape index (κ3) is 2.06. The average Bonchev–Trinajstić information content (AvgIpc) is 2.17. The molecule has 0 aliphatic carbocycles. The molecule has 1 aromatic rings. The van der Waals surface area contributed by atoms with Crippen LogP contribution in [0.1, 0.15) is 4.88 Å². The van der Waals surface area contributed by atoms with Crippen LogP contribution in [-0.2, 0) is 11.2 Å². The Balaban J connectivity index is 2.72. The van der Waals surface area contributed by atoms with Crippen LogP contribution in [-0.4, -0.2) is 6.29 Å². The first kappa shape index (κ1) is 7.21. The lowest BCUT2D eigenvalue weighted by Gasteiger charge is -1.79. The minimum atomic E-state index is 0.563. The lowest BCUT2D eigenvalue weighted by atomic mass is 10.4. The van der Waals surface area contributed by atoms with E-state index in [1.807, 2.05) is 12.1 Å². The molecule has 0 N–H and O–H groups in total. The van der Waals surface area contributed by atoms with Gasteiger partial charge >= 0.3 is 0 Å². The molecule has 48 valence electrons. The Morgan fingerprint density at radius 1 is 1.67 bits per heavy atom. The first-order valence-corrected chi connectivity index (χ1v) is 4.40. The van der Waals surface area contributed by atoms with Crippen LogP contribution in [0.4, 0.5) is 0 Å². The molecule has 0 aliphatic heterocycles. The van der Waals surface area contributed by atoms with Gasteiger partial charge in [0.25, 0.3) is 0 Å². The molecule has 1 aromatic heterocycles. The second kappa shape index (κ2) is 3.31. The number of carbonyl (C=O) groups is 1. The van der Waals surface area contributed by atoms with Crippen LogP contribution in [0.5, 0.6) is 0 Å². The normalized spacial score (nSPS) is 9.44. The van der Waals surface area contributed by atoms with Gasteiger partial charge in [-0.3, -0.25) is 0 Å². The zero-order chi connectivity index (χ0) is 6.69. The average molecular weight is 252 g/mol. The van der Waals surface area contributed by atoms with Crippen LogP contribution in [0.25, 0.3) is 0 Å². The van der Waals surface area contributed by atoms with Gasteiger partial charge in [0.1, 0.15) is 6.29 Å². The third-order valence-corrected chi connectivity index (χ3v) is 2.83. The SMILES string of the molecule is O=CCc1ccc(I)s1. The standard InChI is InChI=1S/C6H5IOS/c7-6-2-1-5(9-6)3-4-8/h1-2,4H,3H2. The van der Waals surface area contributed by atoms with Gasteiger partial charge in [0.15, 0.2) is 0 Å². The second-order valence-corrected chi connectivity index (χ2v) is 4.64. The molecule has 0 atom stereocenters. The minimum absolute atomic E-state index is 0.563. The molecule has 9 heavy (non-hydrogen) atoms. The van der Waals surface area contributed by atoms with Crippen molar-refractivity contribution >= 4 is 40.2 Å². The van der Waals surface area contributed by atoms with E-state index in [1.165, 1.54) is 2.88 Å². The van der Waals surface area contributed by atoms with Crippen molar-refractivity contribution in [3.8, 4) is 0 Å². The molecule has 3 heteroatoms. The number of thiophene rings is 1. The molecule has 1 nitrogen and oxygen atoms in total. The molecule has 0 bridgehead atoms. The van der Waals surface area contributed by atoms with E-state index in [0.29, 0.717) is 6.42 Å². The van der Waals surface area contributed by atoms with Crippen LogP contribution in [0.2, 0.25) is 0 Å². The molecule has 0 saturated carbocycles. The molecule has 1 rings (SSSR count). The monoisotopic (exact) mass is 252 g/mol. The van der Waals surface area contributed by atoms with Crippen LogP contribution in [0.3, 0.4) is 0 Å². The number of hydrogen-bond acceptors (Lipinski definition) is 2. The summed E-state index contributed by atoms with van der Waals surface area (Å²) < 4.78 is 1.24. The highest BCUT2D eigenvalue weighted by molar-refractivity contribution is 14.1. The van der Waals surface area contributed by atoms with Crippen LogP contribution in [0.15, 0.2) is 12.1 Å². The Bertz CT molecular complexity index is 207. The summed E-state index contributed by atoms with van der Waals surface area (Å²) in [5, 5.41) is 0. The van der Waals surface area contributed by atoms with Gasteiger partial charge in [-0.15, -0.1) is 11.3 Å². The van der Waals surface area contributed by atoms with E-state index in [1.54, 1.807) is 11.3 Å². The Morgan fingerprint density at radius 3 is 2.89 bits per heavy atom. The lowest BCUT2D eigenvalue weighted by molar-refractivity contribution is -0.107. The van der Waals surface area contributed by atoms with E-state index in [2.05, 4.69) is 22.6 Å². The van der Waals surface area contributed by atoms with E-state index in [0.717, 1.165) is 11.2 Å². The molecular weight excluding hydrogens is 247 g/mol. The van der Waals surface area contributed by atoms with Gasteiger partial charge < -0.3 is 4.79 Å². The molecule has 0 spiro atoms. The van der Waals surface area contributed by atoms with Gasteiger partial charge in [-0.25, -0.2) is 0 Å². The first-order chi connectivity index (χ1) is 4.33. The predicted octanol–water partition coefficient (Wildman–Crippen LogP) is 2.09. The maximum Gasteiger partial charge on any atom is 0.125 e. The fourth-order valence-electron chi connectivity index (χ4n) is 0.544. The molecule has 0 saturated heterocycles. The molecule has 1 heterocycles. The van der Waals surface area contributed by atoms with E-state index < -0.39 is 0 Å². The van der Waals surface area contributed by atoms with E-state index in [-0.39, 0.29) is 0 Å². The smallest absolute Gasteiger partial charge is 0.125 e. The van der Waals surface area contributed by atoms with Crippen molar-refractivity contribution in [2.24, 2.45) is 0 Å². The number of carbonyl (C=O) groups excluding carboxylic acids is 1. The van der Waals surface area contributed by atoms with Crippen molar-refractivity contribution in [3.05, 3.63) is 19.9 Å². The van der Waals surface area contributed by atoms with Crippen molar-refractivity contribution in [2.75, 3.05) is 0 Å². The minimum Gasteiger partial charge on any atom is -0.303 e. The van der Waals surface area contributed by atoms with Gasteiger partial charge in [0, 0.05) is 11.3 Å². The van der Waals surface area contributed by atoms with Crippen LogP contribution in [0, 0.1) is 2.88 Å². The highest BCUT2D eigenvalue weighted by atomic mass is 127. The summed E-state index contributed by atoms with van der Waals surface area (Å²) in [5.74, 6) is 0. The molecule has 0 amide bonds. The fraction of sp³-hybridized carbons (Fsp3) is 0.167. The summed E-state index contributed by atoms with van der Waals surface area (Å²) in [6.07, 6.45) is 1.50. The van der Waals surface area contributed by atoms with Gasteiger partial charge in [0.05, 0.1) is 2.88 Å². The summed E-state index contributed by atoms with van der Waals surface area (Å²) in [6, 6.07) is 4.00. The maximum atomic E-state index is 9.99. The summed E-state index contributed by atoms with van der Waals surface area (Å²) in [5.41, 5.74) is 0. The number of halogens is 1. The van der Waals surface area contributed by atoms with Crippen molar-refractivity contribution < 1.29 is 4.79 Å². The lowest BCUT2D eigenvalue weighted by Crippen LogP contribution is -1.76. The van der Waals surface area contributed by atoms with Crippen molar-refractivity contribution in [2.45, 2.75) is 6.42 Å². The highest BCUT2D eigenvalue weighted by Gasteiger charge is 1.93. The summed E-state index contributed by atoms with van der Waals surface area (Å²) >= 11 is 3.91. The summed E-state index contributed by atoms with van der Waals surface area (Å²) in [7, 11) is 0. The Morgan fingerprint density at radius 2 is 2.44 bits per heavy atom. The molecular formula is C6H5IOS. The molecule has 0 fully saturated rings. The van der Waals surface area contributed by atoms with Gasteiger partial charge in [-0.05, 0) is 34.7 Å². The molecule has 0 aromatic carbocycles. The largest absolute Gasteiger partial charge is 0.303 e. The fourth-order valence-corrected chi connectivity index (χ4v) is 2.25. The molecule has 0 aliphatic rings. The Kier molecular flexibility index (Phi) is 2.65. The molecule has 0 unspecified atom stereocenters. The van der Waals surface area contributed by atoms with E-state index in [9.17, 15) is 4.79 Å². The predicted molar refractivity (Wildman–Crippen MR) is 46.8 cm³/mol. The number of aldehydes is 1. The third-order valence-electron chi connectivity index (χ3n) is 0.913. The number of rotatable bonds is 2. The Hall–Kier alpha value is 0.1000. The topological polar surface area (TPSA) is 17.1 Å². The van der Waals surface area contributed by atoms with E-state index >= 15 is 0 Å². The number of hydrogen-bond donors (Lipinski definition) is 0. The Labute approximate surface area is 71.2 Å². The highest BCUT2D eigenvalue weighted by Crippen LogP contribution is 2.17. The quantitative estimate of drug-likeness (QED) is 0.581. The van der Waals surface area contributed by atoms with Crippen molar-refractivity contribution in [1.29, 1.82) is 0 Å². The second-order valence-electron chi connectivity index (χ2n) is 1.58. The zero-order valence-corrected chi connectivity index (χ0v) is 7.61. The van der Waals surface area contributed by atoms with Crippen molar-refractivity contribution in [3.63, 3.8) is 0 Å². The van der Waals surface area contributed by atoms with Crippen LogP contribution >= 0.6 is 33.9 Å². The van der Waals surface area contributed by atoms with E-state index in [4.69, 9.17) is 0 Å². The van der Waals surface area contributed by atoms with Crippen LogP contribution < -0.4 is 0 Å². The molecule has 0 radical (unpaired) electrons. The first-order valence-electron chi connectivity index (χ1n) is 2.51. The maximum absolute atomic E-state index is 9.99.